The monoisotopic (exact) mass is 496 g/mol. The van der Waals surface area contributed by atoms with Crippen LogP contribution in [0.2, 0.25) is 0 Å². The summed E-state index contributed by atoms with van der Waals surface area (Å²) >= 11 is 0. The van der Waals surface area contributed by atoms with E-state index in [1.165, 1.54) is 12.1 Å². The van der Waals surface area contributed by atoms with Crippen LogP contribution < -0.4 is 10.2 Å². The van der Waals surface area contributed by atoms with E-state index in [1.807, 2.05) is 39.8 Å². The van der Waals surface area contributed by atoms with Crippen molar-refractivity contribution in [1.82, 2.24) is 9.80 Å². The second-order valence-electron chi connectivity index (χ2n) is 9.50. The molecule has 2 aromatic rings. The summed E-state index contributed by atoms with van der Waals surface area (Å²) in [6, 6.07) is 11.2. The van der Waals surface area contributed by atoms with Crippen molar-refractivity contribution in [1.29, 1.82) is 0 Å². The summed E-state index contributed by atoms with van der Waals surface area (Å²) in [5, 5.41) is 2.92. The Balaban J connectivity index is 1.84. The molecule has 0 atom stereocenters. The summed E-state index contributed by atoms with van der Waals surface area (Å²) in [7, 11) is 0. The molecule has 0 aliphatic carbocycles. The quantitative estimate of drug-likeness (QED) is 0.578. The molecule has 1 heterocycles. The molecule has 2 aromatic carbocycles. The molecule has 1 saturated heterocycles. The Labute approximate surface area is 213 Å². The fourth-order valence-electron chi connectivity index (χ4n) is 4.49. The van der Waals surface area contributed by atoms with Crippen LogP contribution in [0.15, 0.2) is 42.5 Å². The molecule has 0 unspecified atom stereocenters. The van der Waals surface area contributed by atoms with Gasteiger partial charge in [-0.25, -0.2) is 4.39 Å². The molecule has 1 N–H and O–H groups in total. The minimum atomic E-state index is -0.433. The number of nitrogens with one attached hydrogen (secondary N) is 1. The van der Waals surface area contributed by atoms with Crippen molar-refractivity contribution < 1.29 is 18.8 Å². The predicted molar refractivity (Wildman–Crippen MR) is 141 cm³/mol. The third kappa shape index (κ3) is 6.83. The Bertz CT molecular complexity index is 1080. The molecule has 36 heavy (non-hydrogen) atoms. The maximum absolute atomic E-state index is 13.6. The fourth-order valence-corrected chi connectivity index (χ4v) is 4.49. The van der Waals surface area contributed by atoms with Crippen molar-refractivity contribution in [2.24, 2.45) is 5.92 Å². The number of hydrogen-bond donors (Lipinski definition) is 1. The van der Waals surface area contributed by atoms with E-state index in [2.05, 4.69) is 10.2 Å². The fraction of sp³-hybridized carbons (Fsp3) is 0.464. The lowest BCUT2D eigenvalue weighted by Gasteiger charge is -2.28. The van der Waals surface area contributed by atoms with E-state index in [1.54, 1.807) is 28.0 Å². The zero-order valence-electron chi connectivity index (χ0n) is 21.7. The molecule has 0 bridgehead atoms. The van der Waals surface area contributed by atoms with E-state index >= 15 is 0 Å². The number of halogens is 1. The Morgan fingerprint density at radius 3 is 2.42 bits per heavy atom. The highest BCUT2D eigenvalue weighted by Gasteiger charge is 2.25. The van der Waals surface area contributed by atoms with Gasteiger partial charge in [0.05, 0.1) is 5.56 Å². The number of carbonyl (C=O) groups is 3. The average Bonchev–Trinajstić information content (AvgIpc) is 3.10. The number of benzene rings is 2. The van der Waals surface area contributed by atoms with Crippen molar-refractivity contribution in [2.75, 3.05) is 49.5 Å². The van der Waals surface area contributed by atoms with E-state index in [0.29, 0.717) is 68.9 Å². The van der Waals surface area contributed by atoms with Crippen molar-refractivity contribution in [3.8, 4) is 0 Å². The molecule has 194 valence electrons. The first-order valence-corrected chi connectivity index (χ1v) is 12.8. The normalized spacial score (nSPS) is 13.9. The third-order valence-electron chi connectivity index (χ3n) is 6.35. The lowest BCUT2D eigenvalue weighted by Crippen LogP contribution is -2.36. The first kappa shape index (κ1) is 27.2. The van der Waals surface area contributed by atoms with E-state index in [-0.39, 0.29) is 23.6 Å². The number of carbonyl (C=O) groups excluding carboxylic acids is 3. The third-order valence-corrected chi connectivity index (χ3v) is 6.35. The van der Waals surface area contributed by atoms with Gasteiger partial charge in [0, 0.05) is 62.6 Å². The van der Waals surface area contributed by atoms with Crippen LogP contribution in [0.5, 0.6) is 0 Å². The van der Waals surface area contributed by atoms with Crippen LogP contribution in [-0.2, 0) is 4.79 Å². The minimum absolute atomic E-state index is 0.0831. The first-order valence-electron chi connectivity index (χ1n) is 12.8. The maximum atomic E-state index is 13.6. The number of hydrogen-bond acceptors (Lipinski definition) is 4. The van der Waals surface area contributed by atoms with Gasteiger partial charge >= 0.3 is 0 Å². The molecule has 0 aromatic heterocycles. The van der Waals surface area contributed by atoms with E-state index in [4.69, 9.17) is 0 Å². The maximum Gasteiger partial charge on any atom is 0.256 e. The van der Waals surface area contributed by atoms with Gasteiger partial charge in [0.25, 0.3) is 11.8 Å². The molecule has 0 spiro atoms. The van der Waals surface area contributed by atoms with Crippen LogP contribution in [0.1, 0.15) is 61.3 Å². The van der Waals surface area contributed by atoms with Gasteiger partial charge in [0.1, 0.15) is 5.82 Å². The highest BCUT2D eigenvalue weighted by atomic mass is 19.1. The number of amides is 3. The van der Waals surface area contributed by atoms with Crippen molar-refractivity contribution >= 4 is 29.1 Å². The van der Waals surface area contributed by atoms with Crippen LogP contribution >= 0.6 is 0 Å². The first-order chi connectivity index (χ1) is 17.2. The Hall–Kier alpha value is -3.42. The van der Waals surface area contributed by atoms with Crippen molar-refractivity contribution in [2.45, 2.75) is 40.5 Å². The lowest BCUT2D eigenvalue weighted by molar-refractivity contribution is -0.116. The average molecular weight is 497 g/mol. The molecule has 1 aliphatic rings. The number of nitrogens with zero attached hydrogens (tertiary/aromatic N) is 3. The Morgan fingerprint density at radius 1 is 1.00 bits per heavy atom. The van der Waals surface area contributed by atoms with Gasteiger partial charge in [-0.05, 0) is 62.6 Å². The summed E-state index contributed by atoms with van der Waals surface area (Å²) in [5.74, 6) is -0.570. The van der Waals surface area contributed by atoms with Crippen LogP contribution in [0.3, 0.4) is 0 Å². The predicted octanol–water partition coefficient (Wildman–Crippen LogP) is 4.64. The topological polar surface area (TPSA) is 73.0 Å². The second-order valence-corrected chi connectivity index (χ2v) is 9.50. The van der Waals surface area contributed by atoms with Crippen LogP contribution in [0, 0.1) is 11.7 Å². The molecule has 0 radical (unpaired) electrons. The molecular formula is C28H37FN4O3. The zero-order valence-corrected chi connectivity index (χ0v) is 21.7. The van der Waals surface area contributed by atoms with Gasteiger partial charge in [-0.2, -0.15) is 0 Å². The Kier molecular flexibility index (Phi) is 9.44. The van der Waals surface area contributed by atoms with Crippen LogP contribution in [0.25, 0.3) is 0 Å². The molecule has 0 saturated carbocycles. The summed E-state index contributed by atoms with van der Waals surface area (Å²) in [4.78, 5) is 44.4. The summed E-state index contributed by atoms with van der Waals surface area (Å²) in [5.41, 5.74) is 2.25. The number of rotatable bonds is 8. The summed E-state index contributed by atoms with van der Waals surface area (Å²) < 4.78 is 13.6. The highest BCUT2D eigenvalue weighted by Crippen LogP contribution is 2.28. The number of anilines is 2. The van der Waals surface area contributed by atoms with E-state index in [9.17, 15) is 18.8 Å². The minimum Gasteiger partial charge on any atom is -0.369 e. The molecule has 7 nitrogen and oxygen atoms in total. The van der Waals surface area contributed by atoms with E-state index < -0.39 is 5.82 Å². The molecule has 1 aliphatic heterocycles. The van der Waals surface area contributed by atoms with Gasteiger partial charge in [-0.15, -0.1) is 0 Å². The van der Waals surface area contributed by atoms with Crippen molar-refractivity contribution in [3.05, 3.63) is 59.4 Å². The van der Waals surface area contributed by atoms with Crippen LogP contribution in [-0.4, -0.2) is 66.8 Å². The summed E-state index contributed by atoms with van der Waals surface area (Å²) in [6.07, 6.45) is 1.12. The van der Waals surface area contributed by atoms with E-state index in [0.717, 1.165) is 5.69 Å². The lowest BCUT2D eigenvalue weighted by atomic mass is 10.1. The van der Waals surface area contributed by atoms with Gasteiger partial charge < -0.3 is 20.0 Å². The molecule has 8 heteroatoms. The summed E-state index contributed by atoms with van der Waals surface area (Å²) in [6.45, 7) is 11.2. The standard InChI is InChI=1S/C28H37FN4O3/c1-5-31(6-2)28(36)24-19-23(30-26(34)17-20(3)4)11-12-25(24)32-13-8-14-33(16-15-32)27(35)21-9-7-10-22(29)18-21/h7,9-12,18-20H,5-6,8,13-17H2,1-4H3,(H,30,34). The zero-order chi connectivity index (χ0) is 26.2. The van der Waals surface area contributed by atoms with Crippen LogP contribution in [0.4, 0.5) is 15.8 Å². The van der Waals surface area contributed by atoms with Gasteiger partial charge in [0.2, 0.25) is 5.91 Å². The highest BCUT2D eigenvalue weighted by molar-refractivity contribution is 6.02. The van der Waals surface area contributed by atoms with Gasteiger partial charge in [-0.1, -0.05) is 19.9 Å². The Morgan fingerprint density at radius 2 is 1.75 bits per heavy atom. The molecular weight excluding hydrogens is 459 g/mol. The largest absolute Gasteiger partial charge is 0.369 e. The smallest absolute Gasteiger partial charge is 0.256 e. The molecule has 1 fully saturated rings. The van der Waals surface area contributed by atoms with Gasteiger partial charge in [0.15, 0.2) is 0 Å². The SMILES string of the molecule is CCN(CC)C(=O)c1cc(NC(=O)CC(C)C)ccc1N1CCCN(C(=O)c2cccc(F)c2)CC1. The molecule has 3 amide bonds. The molecule has 3 rings (SSSR count). The second kappa shape index (κ2) is 12.5. The van der Waals surface area contributed by atoms with Gasteiger partial charge in [-0.3, -0.25) is 14.4 Å². The van der Waals surface area contributed by atoms with Crippen molar-refractivity contribution in [3.63, 3.8) is 0 Å².